The predicted octanol–water partition coefficient (Wildman–Crippen LogP) is 3.03. The zero-order valence-electron chi connectivity index (χ0n) is 16.7. The summed E-state index contributed by atoms with van der Waals surface area (Å²) >= 11 is 0. The van der Waals surface area contributed by atoms with E-state index in [1.807, 2.05) is 7.05 Å². The Labute approximate surface area is 154 Å². The van der Waals surface area contributed by atoms with Crippen molar-refractivity contribution in [2.24, 2.45) is 10.9 Å². The van der Waals surface area contributed by atoms with Gasteiger partial charge in [-0.15, -0.1) is 0 Å². The van der Waals surface area contributed by atoms with E-state index < -0.39 is 0 Å². The number of aliphatic imine (C=N–C) groups is 1. The highest BCUT2D eigenvalue weighted by Crippen LogP contribution is 2.22. The van der Waals surface area contributed by atoms with Crippen molar-refractivity contribution < 1.29 is 0 Å². The number of guanidine groups is 1. The van der Waals surface area contributed by atoms with Crippen LogP contribution in [0.5, 0.6) is 0 Å². The third-order valence-corrected chi connectivity index (χ3v) is 5.03. The molecule has 1 aliphatic heterocycles. The first-order chi connectivity index (χ1) is 11.9. The Balaban J connectivity index is 1.72. The maximum atomic E-state index is 4.35. The van der Waals surface area contributed by atoms with Crippen molar-refractivity contribution in [3.63, 3.8) is 0 Å². The van der Waals surface area contributed by atoms with Crippen molar-refractivity contribution in [3.8, 4) is 0 Å². The highest BCUT2D eigenvalue weighted by Gasteiger charge is 2.17. The summed E-state index contributed by atoms with van der Waals surface area (Å²) in [5, 5.41) is 6.93. The van der Waals surface area contributed by atoms with E-state index in [9.17, 15) is 0 Å². The van der Waals surface area contributed by atoms with Crippen LogP contribution in [0.4, 0.5) is 0 Å². The van der Waals surface area contributed by atoms with Gasteiger partial charge in [0.2, 0.25) is 0 Å². The Morgan fingerprint density at radius 3 is 2.52 bits per heavy atom. The first-order valence-corrected chi connectivity index (χ1v) is 9.61. The van der Waals surface area contributed by atoms with Crippen LogP contribution in [-0.2, 0) is 11.8 Å². The number of nitrogens with one attached hydrogen (secondary N) is 2. The van der Waals surface area contributed by atoms with E-state index in [1.54, 1.807) is 0 Å². The average molecular weight is 345 g/mol. The number of likely N-dealkylation sites (tertiary alicyclic amines) is 1. The lowest BCUT2D eigenvalue weighted by Gasteiger charge is -2.30. The van der Waals surface area contributed by atoms with Crippen molar-refractivity contribution in [1.29, 1.82) is 0 Å². The zero-order valence-corrected chi connectivity index (χ0v) is 16.7. The first-order valence-electron chi connectivity index (χ1n) is 9.61. The second-order valence-electron chi connectivity index (χ2n) is 8.35. The molecule has 1 aromatic rings. The quantitative estimate of drug-likeness (QED) is 0.637. The van der Waals surface area contributed by atoms with E-state index in [0.717, 1.165) is 31.4 Å². The van der Waals surface area contributed by atoms with E-state index in [-0.39, 0.29) is 5.41 Å². The van der Waals surface area contributed by atoms with Crippen LogP contribution in [-0.4, -0.2) is 51.1 Å². The maximum absolute atomic E-state index is 4.35. The summed E-state index contributed by atoms with van der Waals surface area (Å²) in [6, 6.07) is 9.00. The number of piperidine rings is 1. The summed E-state index contributed by atoms with van der Waals surface area (Å²) < 4.78 is 0. The van der Waals surface area contributed by atoms with Crippen LogP contribution in [0.2, 0.25) is 0 Å². The molecule has 1 atom stereocenters. The van der Waals surface area contributed by atoms with E-state index in [1.165, 1.54) is 37.1 Å². The molecule has 4 nitrogen and oxygen atoms in total. The highest BCUT2D eigenvalue weighted by molar-refractivity contribution is 5.79. The summed E-state index contributed by atoms with van der Waals surface area (Å²) in [4.78, 5) is 6.77. The molecule has 25 heavy (non-hydrogen) atoms. The van der Waals surface area contributed by atoms with Crippen LogP contribution in [0.25, 0.3) is 0 Å². The van der Waals surface area contributed by atoms with Crippen LogP contribution in [0.3, 0.4) is 0 Å². The van der Waals surface area contributed by atoms with E-state index in [0.29, 0.717) is 0 Å². The summed E-state index contributed by atoms with van der Waals surface area (Å²) in [6.07, 6.45) is 3.63. The molecule has 0 spiro atoms. The molecule has 140 valence electrons. The maximum Gasteiger partial charge on any atom is 0.190 e. The molecule has 0 bridgehead atoms. The van der Waals surface area contributed by atoms with Gasteiger partial charge in [0.05, 0.1) is 0 Å². The molecule has 4 heteroatoms. The Hall–Kier alpha value is -1.55. The SMILES string of the molecule is CN=C(NCCc1ccc(C(C)(C)C)cc1)NCC1CCCN(C)C1. The van der Waals surface area contributed by atoms with Gasteiger partial charge in [0.15, 0.2) is 5.96 Å². The summed E-state index contributed by atoms with van der Waals surface area (Å²) in [5.41, 5.74) is 2.97. The summed E-state index contributed by atoms with van der Waals surface area (Å²) in [7, 11) is 4.06. The van der Waals surface area contributed by atoms with E-state index >= 15 is 0 Å². The van der Waals surface area contributed by atoms with Gasteiger partial charge in [-0.2, -0.15) is 0 Å². The molecule has 0 amide bonds. The Morgan fingerprint density at radius 2 is 1.92 bits per heavy atom. The van der Waals surface area contributed by atoms with E-state index in [2.05, 4.69) is 72.6 Å². The molecule has 1 unspecified atom stereocenters. The molecule has 0 radical (unpaired) electrons. The molecule has 1 saturated heterocycles. The Bertz CT molecular complexity index is 542. The Kier molecular flexibility index (Phi) is 7.30. The fourth-order valence-electron chi connectivity index (χ4n) is 3.40. The number of benzene rings is 1. The smallest absolute Gasteiger partial charge is 0.190 e. The topological polar surface area (TPSA) is 39.7 Å². The number of hydrogen-bond donors (Lipinski definition) is 2. The van der Waals surface area contributed by atoms with Crippen molar-refractivity contribution in [2.75, 3.05) is 40.3 Å². The van der Waals surface area contributed by atoms with Gasteiger partial charge in [-0.05, 0) is 55.3 Å². The van der Waals surface area contributed by atoms with Gasteiger partial charge in [0.25, 0.3) is 0 Å². The lowest BCUT2D eigenvalue weighted by Crippen LogP contribution is -2.44. The molecule has 0 aromatic heterocycles. The zero-order chi connectivity index (χ0) is 18.3. The Morgan fingerprint density at radius 1 is 1.20 bits per heavy atom. The largest absolute Gasteiger partial charge is 0.356 e. The third kappa shape index (κ3) is 6.69. The number of hydrogen-bond acceptors (Lipinski definition) is 2. The van der Waals surface area contributed by atoms with Crippen LogP contribution in [0, 0.1) is 5.92 Å². The number of nitrogens with zero attached hydrogens (tertiary/aromatic N) is 2. The van der Waals surface area contributed by atoms with Crippen molar-refractivity contribution in [3.05, 3.63) is 35.4 Å². The van der Waals surface area contributed by atoms with Gasteiger partial charge in [-0.25, -0.2) is 0 Å². The third-order valence-electron chi connectivity index (χ3n) is 5.03. The van der Waals surface area contributed by atoms with E-state index in [4.69, 9.17) is 0 Å². The molecule has 1 heterocycles. The molecular formula is C21H36N4. The van der Waals surface area contributed by atoms with Crippen molar-refractivity contribution in [1.82, 2.24) is 15.5 Å². The predicted molar refractivity (Wildman–Crippen MR) is 108 cm³/mol. The fraction of sp³-hybridized carbons (Fsp3) is 0.667. The summed E-state index contributed by atoms with van der Waals surface area (Å²) in [5.74, 6) is 1.64. The second kappa shape index (κ2) is 9.23. The van der Waals surface area contributed by atoms with Gasteiger partial charge in [-0.1, -0.05) is 45.0 Å². The first kappa shape index (κ1) is 19.8. The lowest BCUT2D eigenvalue weighted by atomic mass is 9.86. The normalized spacial score (nSPS) is 19.7. The van der Waals surface area contributed by atoms with Crippen LogP contribution in [0.1, 0.15) is 44.7 Å². The van der Waals surface area contributed by atoms with Crippen molar-refractivity contribution >= 4 is 5.96 Å². The monoisotopic (exact) mass is 344 g/mol. The molecule has 1 fully saturated rings. The second-order valence-corrected chi connectivity index (χ2v) is 8.35. The molecular weight excluding hydrogens is 308 g/mol. The minimum Gasteiger partial charge on any atom is -0.356 e. The molecule has 2 N–H and O–H groups in total. The van der Waals surface area contributed by atoms with Gasteiger partial charge in [0.1, 0.15) is 0 Å². The van der Waals surface area contributed by atoms with Gasteiger partial charge in [0, 0.05) is 26.7 Å². The van der Waals surface area contributed by atoms with Crippen LogP contribution >= 0.6 is 0 Å². The van der Waals surface area contributed by atoms with Gasteiger partial charge < -0.3 is 15.5 Å². The molecule has 0 saturated carbocycles. The van der Waals surface area contributed by atoms with Crippen molar-refractivity contribution in [2.45, 2.75) is 45.4 Å². The average Bonchev–Trinajstić information content (AvgIpc) is 2.57. The van der Waals surface area contributed by atoms with Crippen LogP contribution < -0.4 is 10.6 Å². The molecule has 2 rings (SSSR count). The minimum atomic E-state index is 0.218. The van der Waals surface area contributed by atoms with Crippen LogP contribution in [0.15, 0.2) is 29.3 Å². The lowest BCUT2D eigenvalue weighted by molar-refractivity contribution is 0.210. The van der Waals surface area contributed by atoms with Gasteiger partial charge >= 0.3 is 0 Å². The molecule has 0 aliphatic carbocycles. The minimum absolute atomic E-state index is 0.218. The molecule has 1 aromatic carbocycles. The standard InChI is InChI=1S/C21H36N4/c1-21(2,3)19-10-8-17(9-11-19)12-13-23-20(22-4)24-15-18-7-6-14-25(5)16-18/h8-11,18H,6-7,12-16H2,1-5H3,(H2,22,23,24). The fourth-order valence-corrected chi connectivity index (χ4v) is 3.40. The summed E-state index contributed by atoms with van der Waals surface area (Å²) in [6.45, 7) is 11.1. The highest BCUT2D eigenvalue weighted by atomic mass is 15.2. The number of rotatable bonds is 5. The molecule has 1 aliphatic rings. The van der Waals surface area contributed by atoms with Gasteiger partial charge in [-0.3, -0.25) is 4.99 Å².